The van der Waals surface area contributed by atoms with Gasteiger partial charge in [-0.25, -0.2) is 0 Å². The fraction of sp³-hybridized carbons (Fsp3) is 1.00. The van der Waals surface area contributed by atoms with Crippen LogP contribution in [0.4, 0.5) is 0 Å². The van der Waals surface area contributed by atoms with Gasteiger partial charge in [-0.1, -0.05) is 27.2 Å². The molecule has 3 fully saturated rings. The highest BCUT2D eigenvalue weighted by Gasteiger charge is 2.41. The quantitative estimate of drug-likeness (QED) is 0.704. The van der Waals surface area contributed by atoms with E-state index in [0.717, 1.165) is 41.5 Å². The average molecular weight is 292 g/mol. The van der Waals surface area contributed by atoms with Crippen LogP contribution in [-0.2, 0) is 0 Å². The van der Waals surface area contributed by atoms with Crippen LogP contribution < -0.4 is 5.32 Å². The van der Waals surface area contributed by atoms with E-state index in [-0.39, 0.29) is 0 Å². The molecule has 0 spiro atoms. The van der Waals surface area contributed by atoms with Crippen LogP contribution in [0.2, 0.25) is 0 Å². The Morgan fingerprint density at radius 2 is 1.71 bits per heavy atom. The Morgan fingerprint density at radius 1 is 0.952 bits per heavy atom. The van der Waals surface area contributed by atoms with Gasteiger partial charge in [0.1, 0.15) is 0 Å². The van der Waals surface area contributed by atoms with E-state index in [1.807, 2.05) is 0 Å². The summed E-state index contributed by atoms with van der Waals surface area (Å²) in [6, 6.07) is 0.819. The third-order valence-corrected chi connectivity index (χ3v) is 6.88. The van der Waals surface area contributed by atoms with Gasteiger partial charge in [0.25, 0.3) is 0 Å². The van der Waals surface area contributed by atoms with Crippen molar-refractivity contribution >= 4 is 0 Å². The lowest BCUT2D eigenvalue weighted by molar-refractivity contribution is 0.149. The molecular weight excluding hydrogens is 254 g/mol. The summed E-state index contributed by atoms with van der Waals surface area (Å²) in [7, 11) is 0. The predicted octanol–water partition coefficient (Wildman–Crippen LogP) is 5.25. The molecule has 122 valence electrons. The molecule has 0 saturated heterocycles. The highest BCUT2D eigenvalue weighted by Crippen LogP contribution is 2.50. The molecule has 2 bridgehead atoms. The second-order valence-electron chi connectivity index (χ2n) is 8.91. The molecule has 0 aromatic heterocycles. The topological polar surface area (TPSA) is 12.0 Å². The summed E-state index contributed by atoms with van der Waals surface area (Å²) in [5, 5.41) is 3.97. The number of hydrogen-bond donors (Lipinski definition) is 1. The summed E-state index contributed by atoms with van der Waals surface area (Å²) >= 11 is 0. The summed E-state index contributed by atoms with van der Waals surface area (Å²) in [5.74, 6) is 6.12. The molecule has 6 atom stereocenters. The van der Waals surface area contributed by atoms with Crippen LogP contribution in [0.5, 0.6) is 0 Å². The minimum Gasteiger partial charge on any atom is -0.314 e. The van der Waals surface area contributed by atoms with E-state index in [0.29, 0.717) is 0 Å². The van der Waals surface area contributed by atoms with Gasteiger partial charge >= 0.3 is 0 Å². The third kappa shape index (κ3) is 3.84. The van der Waals surface area contributed by atoms with Gasteiger partial charge in [0.15, 0.2) is 0 Å². The lowest BCUT2D eigenvalue weighted by Crippen LogP contribution is -2.42. The molecule has 1 heteroatoms. The van der Waals surface area contributed by atoms with Crippen molar-refractivity contribution in [1.82, 2.24) is 5.32 Å². The Balaban J connectivity index is 1.60. The van der Waals surface area contributed by atoms with Gasteiger partial charge in [-0.05, 0) is 93.4 Å². The zero-order valence-electron chi connectivity index (χ0n) is 14.6. The molecule has 0 radical (unpaired) electrons. The normalized spacial score (nSPS) is 44.1. The van der Waals surface area contributed by atoms with Gasteiger partial charge in [0, 0.05) is 6.04 Å². The first-order chi connectivity index (χ1) is 10.2. The molecule has 21 heavy (non-hydrogen) atoms. The number of rotatable bonds is 6. The van der Waals surface area contributed by atoms with Gasteiger partial charge in [0.05, 0.1) is 0 Å². The number of nitrogens with one attached hydrogen (secondary N) is 1. The SMILES string of the molecule is CCCNC(CC1CC2CCC1C2)C1CC(C)CC(C)C1. The summed E-state index contributed by atoms with van der Waals surface area (Å²) < 4.78 is 0. The second kappa shape index (κ2) is 7.02. The van der Waals surface area contributed by atoms with E-state index in [2.05, 4.69) is 26.1 Å². The van der Waals surface area contributed by atoms with Gasteiger partial charge in [-0.2, -0.15) is 0 Å². The Kier molecular flexibility index (Phi) is 5.30. The first-order valence-electron chi connectivity index (χ1n) is 9.89. The molecular formula is C20H37N. The smallest absolute Gasteiger partial charge is 0.00982 e. The first-order valence-corrected chi connectivity index (χ1v) is 9.89. The van der Waals surface area contributed by atoms with Gasteiger partial charge in [-0.3, -0.25) is 0 Å². The van der Waals surface area contributed by atoms with E-state index in [9.17, 15) is 0 Å². The lowest BCUT2D eigenvalue weighted by Gasteiger charge is -2.39. The van der Waals surface area contributed by atoms with E-state index >= 15 is 0 Å². The molecule has 0 heterocycles. The van der Waals surface area contributed by atoms with Gasteiger partial charge in [-0.15, -0.1) is 0 Å². The molecule has 6 unspecified atom stereocenters. The zero-order valence-corrected chi connectivity index (χ0v) is 14.6. The lowest BCUT2D eigenvalue weighted by atomic mass is 9.71. The molecule has 0 amide bonds. The Bertz CT molecular complexity index is 316. The van der Waals surface area contributed by atoms with Crippen molar-refractivity contribution in [3.63, 3.8) is 0 Å². The summed E-state index contributed by atoms with van der Waals surface area (Å²) in [6.07, 6.45) is 13.4. The van der Waals surface area contributed by atoms with Crippen molar-refractivity contribution in [2.45, 2.75) is 84.6 Å². The van der Waals surface area contributed by atoms with Crippen LogP contribution in [0.1, 0.15) is 78.6 Å². The van der Waals surface area contributed by atoms with Crippen molar-refractivity contribution in [3.8, 4) is 0 Å². The third-order valence-electron chi connectivity index (χ3n) is 6.88. The maximum Gasteiger partial charge on any atom is 0.00982 e. The molecule has 3 rings (SSSR count). The van der Waals surface area contributed by atoms with Crippen molar-refractivity contribution < 1.29 is 0 Å². The monoisotopic (exact) mass is 291 g/mol. The highest BCUT2D eigenvalue weighted by molar-refractivity contribution is 4.94. The van der Waals surface area contributed by atoms with Crippen LogP contribution in [0.3, 0.4) is 0 Å². The van der Waals surface area contributed by atoms with E-state index in [1.54, 1.807) is 25.7 Å². The van der Waals surface area contributed by atoms with Crippen LogP contribution in [-0.4, -0.2) is 12.6 Å². The zero-order chi connectivity index (χ0) is 14.8. The molecule has 0 aliphatic heterocycles. The van der Waals surface area contributed by atoms with E-state index in [1.165, 1.54) is 38.6 Å². The number of hydrogen-bond acceptors (Lipinski definition) is 1. The molecule has 0 aromatic rings. The molecule has 3 aliphatic carbocycles. The predicted molar refractivity (Wildman–Crippen MR) is 91.3 cm³/mol. The van der Waals surface area contributed by atoms with Crippen molar-refractivity contribution in [2.24, 2.45) is 35.5 Å². The van der Waals surface area contributed by atoms with Crippen molar-refractivity contribution in [1.29, 1.82) is 0 Å². The standard InChI is InChI=1S/C20H37N/c1-4-7-21-20(19-9-14(2)8-15(3)10-19)13-18-12-16-5-6-17(18)11-16/h14-21H,4-13H2,1-3H3. The maximum absolute atomic E-state index is 3.97. The summed E-state index contributed by atoms with van der Waals surface area (Å²) in [6.45, 7) is 8.51. The van der Waals surface area contributed by atoms with Crippen LogP contribution in [0.15, 0.2) is 0 Å². The minimum absolute atomic E-state index is 0.819. The van der Waals surface area contributed by atoms with E-state index in [4.69, 9.17) is 0 Å². The van der Waals surface area contributed by atoms with Gasteiger partial charge < -0.3 is 5.32 Å². The summed E-state index contributed by atoms with van der Waals surface area (Å²) in [5.41, 5.74) is 0. The molecule has 0 aromatic carbocycles. The van der Waals surface area contributed by atoms with Crippen molar-refractivity contribution in [2.75, 3.05) is 6.54 Å². The minimum atomic E-state index is 0.819. The Labute approximate surface area is 132 Å². The van der Waals surface area contributed by atoms with Crippen LogP contribution >= 0.6 is 0 Å². The Hall–Kier alpha value is -0.0400. The number of fused-ring (bicyclic) bond motifs is 2. The summed E-state index contributed by atoms with van der Waals surface area (Å²) in [4.78, 5) is 0. The van der Waals surface area contributed by atoms with Crippen molar-refractivity contribution in [3.05, 3.63) is 0 Å². The maximum atomic E-state index is 3.97. The largest absolute Gasteiger partial charge is 0.314 e. The highest BCUT2D eigenvalue weighted by atomic mass is 14.9. The van der Waals surface area contributed by atoms with Crippen LogP contribution in [0.25, 0.3) is 0 Å². The Morgan fingerprint density at radius 3 is 2.29 bits per heavy atom. The molecule has 3 aliphatic rings. The van der Waals surface area contributed by atoms with Crippen LogP contribution in [0, 0.1) is 35.5 Å². The average Bonchev–Trinajstić information content (AvgIpc) is 3.04. The molecule has 1 nitrogen and oxygen atoms in total. The first kappa shape index (κ1) is 15.8. The van der Waals surface area contributed by atoms with Gasteiger partial charge in [0.2, 0.25) is 0 Å². The fourth-order valence-corrected chi connectivity index (χ4v) is 6.10. The van der Waals surface area contributed by atoms with E-state index < -0.39 is 0 Å². The fourth-order valence-electron chi connectivity index (χ4n) is 6.10. The second-order valence-corrected chi connectivity index (χ2v) is 8.91. The molecule has 1 N–H and O–H groups in total. The molecule has 3 saturated carbocycles.